The van der Waals surface area contributed by atoms with E-state index >= 15 is 0 Å². The summed E-state index contributed by atoms with van der Waals surface area (Å²) in [5.41, 5.74) is 0. The highest BCUT2D eigenvalue weighted by molar-refractivity contribution is 5.84. The van der Waals surface area contributed by atoms with Crippen LogP contribution in [0.3, 0.4) is 0 Å². The van der Waals surface area contributed by atoms with Crippen molar-refractivity contribution in [2.45, 2.75) is 65.2 Å². The molecule has 2 aliphatic heterocycles. The van der Waals surface area contributed by atoms with E-state index < -0.39 is 0 Å². The zero-order valence-electron chi connectivity index (χ0n) is 12.7. The predicted molar refractivity (Wildman–Crippen MR) is 75.7 cm³/mol. The Morgan fingerprint density at radius 1 is 1.37 bits per heavy atom. The van der Waals surface area contributed by atoms with Gasteiger partial charge in [-0.1, -0.05) is 20.3 Å². The van der Waals surface area contributed by atoms with Crippen LogP contribution in [-0.2, 0) is 9.53 Å². The third kappa shape index (κ3) is 2.95. The summed E-state index contributed by atoms with van der Waals surface area (Å²) in [4.78, 5) is 14.7. The van der Waals surface area contributed by atoms with Crippen molar-refractivity contribution >= 4 is 5.91 Å². The number of carbonyl (C=O) groups is 1. The SMILES string of the molecule is CCC(C)C1NC(C)N(C(C)C2CCOCC2)C1=O. The van der Waals surface area contributed by atoms with E-state index in [9.17, 15) is 4.79 Å². The molecule has 0 aliphatic carbocycles. The van der Waals surface area contributed by atoms with Crippen LogP contribution in [0.1, 0.15) is 47.0 Å². The van der Waals surface area contributed by atoms with Crippen LogP contribution in [0.15, 0.2) is 0 Å². The lowest BCUT2D eigenvalue weighted by Crippen LogP contribution is -2.46. The van der Waals surface area contributed by atoms with Crippen molar-refractivity contribution in [3.63, 3.8) is 0 Å². The highest BCUT2D eigenvalue weighted by Crippen LogP contribution is 2.28. The van der Waals surface area contributed by atoms with Gasteiger partial charge in [0, 0.05) is 19.3 Å². The topological polar surface area (TPSA) is 41.6 Å². The first kappa shape index (κ1) is 14.8. The number of amides is 1. The molecule has 2 saturated heterocycles. The summed E-state index contributed by atoms with van der Waals surface area (Å²) in [5.74, 6) is 1.28. The van der Waals surface area contributed by atoms with E-state index in [0.717, 1.165) is 32.5 Å². The molecule has 19 heavy (non-hydrogen) atoms. The quantitative estimate of drug-likeness (QED) is 0.848. The fourth-order valence-corrected chi connectivity index (χ4v) is 3.39. The average Bonchev–Trinajstić information content (AvgIpc) is 2.73. The molecule has 0 spiro atoms. The van der Waals surface area contributed by atoms with E-state index in [1.807, 2.05) is 0 Å². The van der Waals surface area contributed by atoms with Crippen LogP contribution in [0, 0.1) is 11.8 Å². The fraction of sp³-hybridized carbons (Fsp3) is 0.933. The van der Waals surface area contributed by atoms with Gasteiger partial charge in [0.1, 0.15) is 0 Å². The van der Waals surface area contributed by atoms with E-state index in [1.165, 1.54) is 0 Å². The van der Waals surface area contributed by atoms with Gasteiger partial charge in [0.15, 0.2) is 0 Å². The molecule has 4 heteroatoms. The van der Waals surface area contributed by atoms with Crippen molar-refractivity contribution < 1.29 is 9.53 Å². The lowest BCUT2D eigenvalue weighted by atomic mass is 9.91. The second kappa shape index (κ2) is 6.23. The molecule has 4 atom stereocenters. The minimum Gasteiger partial charge on any atom is -0.381 e. The first-order chi connectivity index (χ1) is 9.06. The van der Waals surface area contributed by atoms with Crippen molar-refractivity contribution in [2.24, 2.45) is 11.8 Å². The van der Waals surface area contributed by atoms with Crippen LogP contribution in [0.5, 0.6) is 0 Å². The van der Waals surface area contributed by atoms with Gasteiger partial charge in [-0.25, -0.2) is 0 Å². The maximum atomic E-state index is 12.6. The molecule has 0 aromatic heterocycles. The van der Waals surface area contributed by atoms with Crippen LogP contribution in [-0.4, -0.2) is 42.3 Å². The van der Waals surface area contributed by atoms with Crippen LogP contribution in [0.2, 0.25) is 0 Å². The van der Waals surface area contributed by atoms with Gasteiger partial charge < -0.3 is 9.64 Å². The van der Waals surface area contributed by atoms with Crippen LogP contribution < -0.4 is 5.32 Å². The molecule has 0 bridgehead atoms. The van der Waals surface area contributed by atoms with E-state index in [4.69, 9.17) is 4.74 Å². The Bertz CT molecular complexity index is 315. The van der Waals surface area contributed by atoms with Gasteiger partial charge >= 0.3 is 0 Å². The zero-order valence-corrected chi connectivity index (χ0v) is 12.7. The van der Waals surface area contributed by atoms with Crippen molar-refractivity contribution in [2.75, 3.05) is 13.2 Å². The lowest BCUT2D eigenvalue weighted by molar-refractivity contribution is -0.134. The van der Waals surface area contributed by atoms with Gasteiger partial charge in [0.2, 0.25) is 5.91 Å². The molecule has 0 radical (unpaired) electrons. The Morgan fingerprint density at radius 2 is 2.00 bits per heavy atom. The molecular formula is C15H28N2O2. The highest BCUT2D eigenvalue weighted by atomic mass is 16.5. The molecule has 1 amide bonds. The molecule has 2 aliphatic rings. The van der Waals surface area contributed by atoms with Crippen molar-refractivity contribution in [3.8, 4) is 0 Å². The Hall–Kier alpha value is -0.610. The molecule has 1 N–H and O–H groups in total. The van der Waals surface area contributed by atoms with E-state index in [1.54, 1.807) is 0 Å². The summed E-state index contributed by atoms with van der Waals surface area (Å²) >= 11 is 0. The molecule has 4 unspecified atom stereocenters. The number of hydrogen-bond donors (Lipinski definition) is 1. The molecular weight excluding hydrogens is 240 g/mol. The van der Waals surface area contributed by atoms with Gasteiger partial charge in [0.25, 0.3) is 0 Å². The average molecular weight is 268 g/mol. The zero-order chi connectivity index (χ0) is 14.0. The number of carbonyl (C=O) groups excluding carboxylic acids is 1. The standard InChI is InChI=1S/C15H28N2O2/c1-5-10(2)14-15(18)17(12(4)16-14)11(3)13-6-8-19-9-7-13/h10-14,16H,5-9H2,1-4H3. The summed E-state index contributed by atoms with van der Waals surface area (Å²) in [6.07, 6.45) is 3.34. The molecule has 4 nitrogen and oxygen atoms in total. The summed E-state index contributed by atoms with van der Waals surface area (Å²) in [5, 5.41) is 3.47. The smallest absolute Gasteiger partial charge is 0.241 e. The summed E-state index contributed by atoms with van der Waals surface area (Å²) < 4.78 is 5.42. The first-order valence-corrected chi connectivity index (χ1v) is 7.72. The number of rotatable bonds is 4. The maximum Gasteiger partial charge on any atom is 0.241 e. The van der Waals surface area contributed by atoms with Crippen molar-refractivity contribution in [1.29, 1.82) is 0 Å². The summed E-state index contributed by atoms with van der Waals surface area (Å²) in [6.45, 7) is 10.3. The Morgan fingerprint density at radius 3 is 2.58 bits per heavy atom. The fourth-order valence-electron chi connectivity index (χ4n) is 3.39. The van der Waals surface area contributed by atoms with Crippen molar-refractivity contribution in [3.05, 3.63) is 0 Å². The molecule has 0 aromatic carbocycles. The third-order valence-corrected chi connectivity index (χ3v) is 4.96. The van der Waals surface area contributed by atoms with Crippen LogP contribution in [0.25, 0.3) is 0 Å². The van der Waals surface area contributed by atoms with Gasteiger partial charge in [0.05, 0.1) is 12.2 Å². The van der Waals surface area contributed by atoms with Gasteiger partial charge in [-0.3, -0.25) is 10.1 Å². The van der Waals surface area contributed by atoms with Crippen LogP contribution >= 0.6 is 0 Å². The lowest BCUT2D eigenvalue weighted by Gasteiger charge is -2.36. The minimum absolute atomic E-state index is 0.00212. The maximum absolute atomic E-state index is 12.6. The molecule has 110 valence electrons. The van der Waals surface area contributed by atoms with Gasteiger partial charge in [-0.15, -0.1) is 0 Å². The second-order valence-corrected chi connectivity index (χ2v) is 6.14. The predicted octanol–water partition coefficient (Wildman–Crippen LogP) is 1.99. The minimum atomic E-state index is 0.00212. The molecule has 0 saturated carbocycles. The molecule has 2 heterocycles. The third-order valence-electron chi connectivity index (χ3n) is 4.96. The van der Waals surface area contributed by atoms with Gasteiger partial charge in [-0.05, 0) is 38.5 Å². The Labute approximate surface area is 116 Å². The van der Waals surface area contributed by atoms with Gasteiger partial charge in [-0.2, -0.15) is 0 Å². The van der Waals surface area contributed by atoms with E-state index in [0.29, 0.717) is 23.8 Å². The number of nitrogens with one attached hydrogen (secondary N) is 1. The summed E-state index contributed by atoms with van der Waals surface area (Å²) in [7, 11) is 0. The molecule has 2 rings (SSSR count). The number of ether oxygens (including phenoxy) is 1. The van der Waals surface area contributed by atoms with E-state index in [-0.39, 0.29) is 12.2 Å². The Kier molecular flexibility index (Phi) is 4.85. The Balaban J connectivity index is 2.04. The summed E-state index contributed by atoms with van der Waals surface area (Å²) in [6, 6.07) is 0.315. The largest absolute Gasteiger partial charge is 0.381 e. The molecule has 0 aromatic rings. The normalized spacial score (nSPS) is 32.6. The van der Waals surface area contributed by atoms with E-state index in [2.05, 4.69) is 37.9 Å². The van der Waals surface area contributed by atoms with Crippen molar-refractivity contribution in [1.82, 2.24) is 10.2 Å². The molecule has 2 fully saturated rings. The number of nitrogens with zero attached hydrogens (tertiary/aromatic N) is 1. The number of hydrogen-bond acceptors (Lipinski definition) is 3. The highest BCUT2D eigenvalue weighted by Gasteiger charge is 2.42. The van der Waals surface area contributed by atoms with Crippen LogP contribution in [0.4, 0.5) is 0 Å². The first-order valence-electron chi connectivity index (χ1n) is 7.72. The second-order valence-electron chi connectivity index (χ2n) is 6.14. The monoisotopic (exact) mass is 268 g/mol.